The Balaban J connectivity index is 1.89. The van der Waals surface area contributed by atoms with Crippen molar-refractivity contribution in [2.75, 3.05) is 13.2 Å². The second kappa shape index (κ2) is 4.74. The van der Waals surface area contributed by atoms with Gasteiger partial charge in [-0.1, -0.05) is 23.7 Å². The van der Waals surface area contributed by atoms with Crippen LogP contribution in [0.5, 0.6) is 0 Å². The Bertz CT molecular complexity index is 523. The van der Waals surface area contributed by atoms with Gasteiger partial charge in [0.05, 0.1) is 13.2 Å². The molecule has 0 radical (unpaired) electrons. The molecule has 17 heavy (non-hydrogen) atoms. The molecule has 0 N–H and O–H groups in total. The van der Waals surface area contributed by atoms with Gasteiger partial charge in [-0.25, -0.2) is 4.98 Å². The minimum Gasteiger partial charge on any atom is -0.345 e. The summed E-state index contributed by atoms with van der Waals surface area (Å²) in [4.78, 5) is 4.51. The van der Waals surface area contributed by atoms with Crippen LogP contribution in [0.1, 0.15) is 12.0 Å². The van der Waals surface area contributed by atoms with Gasteiger partial charge >= 0.3 is 0 Å². The zero-order valence-electron chi connectivity index (χ0n) is 8.93. The topological polar surface area (TPSA) is 31.4 Å². The van der Waals surface area contributed by atoms with E-state index in [4.69, 9.17) is 21.1 Å². The van der Waals surface area contributed by atoms with Gasteiger partial charge in [0.2, 0.25) is 6.29 Å². The second-order valence-corrected chi connectivity index (χ2v) is 4.96. The molecule has 0 aliphatic carbocycles. The van der Waals surface area contributed by atoms with E-state index in [0.29, 0.717) is 18.2 Å². The fourth-order valence-electron chi connectivity index (χ4n) is 1.68. The number of rotatable bonds is 2. The molecule has 1 aromatic carbocycles. The standard InChI is InChI=1S/C12H10ClNO2S/c13-9-3-1-2-8(6-9)11-14-10(7-17-11)12-15-4-5-16-12/h1-3,6-7,12H,4-5H2. The van der Waals surface area contributed by atoms with Crippen molar-refractivity contribution < 1.29 is 9.47 Å². The molecule has 0 spiro atoms. The van der Waals surface area contributed by atoms with E-state index in [1.54, 1.807) is 11.3 Å². The van der Waals surface area contributed by atoms with Gasteiger partial charge in [0, 0.05) is 16.0 Å². The van der Waals surface area contributed by atoms with Crippen LogP contribution in [-0.2, 0) is 9.47 Å². The zero-order valence-corrected chi connectivity index (χ0v) is 10.5. The summed E-state index contributed by atoms with van der Waals surface area (Å²) < 4.78 is 10.8. The van der Waals surface area contributed by atoms with E-state index >= 15 is 0 Å². The maximum absolute atomic E-state index is 5.96. The molecule has 1 aromatic heterocycles. The van der Waals surface area contributed by atoms with Gasteiger partial charge in [-0.15, -0.1) is 11.3 Å². The summed E-state index contributed by atoms with van der Waals surface area (Å²) in [5.74, 6) is 0. The number of hydrogen-bond acceptors (Lipinski definition) is 4. The highest BCUT2D eigenvalue weighted by atomic mass is 35.5. The number of halogens is 1. The minimum absolute atomic E-state index is 0.306. The maximum Gasteiger partial charge on any atom is 0.202 e. The summed E-state index contributed by atoms with van der Waals surface area (Å²) in [5.41, 5.74) is 1.86. The van der Waals surface area contributed by atoms with Crippen molar-refractivity contribution in [3.8, 4) is 10.6 Å². The normalized spacial score (nSPS) is 16.5. The van der Waals surface area contributed by atoms with Crippen LogP contribution in [0.4, 0.5) is 0 Å². The van der Waals surface area contributed by atoms with Crippen molar-refractivity contribution in [3.63, 3.8) is 0 Å². The molecule has 1 saturated heterocycles. The maximum atomic E-state index is 5.96. The average molecular weight is 268 g/mol. The molecular formula is C12H10ClNO2S. The van der Waals surface area contributed by atoms with Crippen LogP contribution in [0.2, 0.25) is 5.02 Å². The second-order valence-electron chi connectivity index (χ2n) is 3.66. The highest BCUT2D eigenvalue weighted by Gasteiger charge is 2.21. The summed E-state index contributed by atoms with van der Waals surface area (Å²) in [6.07, 6.45) is -0.306. The number of aromatic nitrogens is 1. The summed E-state index contributed by atoms with van der Waals surface area (Å²) in [6.45, 7) is 1.27. The van der Waals surface area contributed by atoms with E-state index in [1.165, 1.54) is 0 Å². The summed E-state index contributed by atoms with van der Waals surface area (Å²) in [6, 6.07) is 7.66. The first kappa shape index (κ1) is 11.2. The lowest BCUT2D eigenvalue weighted by Crippen LogP contribution is -1.97. The van der Waals surface area contributed by atoms with E-state index < -0.39 is 0 Å². The summed E-state index contributed by atoms with van der Waals surface area (Å²) in [7, 11) is 0. The van der Waals surface area contributed by atoms with Crippen LogP contribution >= 0.6 is 22.9 Å². The zero-order chi connectivity index (χ0) is 11.7. The molecule has 2 heterocycles. The van der Waals surface area contributed by atoms with Crippen molar-refractivity contribution in [3.05, 3.63) is 40.4 Å². The quantitative estimate of drug-likeness (QED) is 0.834. The average Bonchev–Trinajstić information content (AvgIpc) is 3.00. The number of benzene rings is 1. The Labute approximate surface area is 108 Å². The first-order chi connectivity index (χ1) is 8.33. The third-order valence-corrected chi connectivity index (χ3v) is 3.60. The molecule has 1 aliphatic rings. The molecule has 1 aliphatic heterocycles. The van der Waals surface area contributed by atoms with Crippen LogP contribution in [0, 0.1) is 0 Å². The number of ether oxygens (including phenoxy) is 2. The highest BCUT2D eigenvalue weighted by molar-refractivity contribution is 7.13. The summed E-state index contributed by atoms with van der Waals surface area (Å²) >= 11 is 7.52. The molecular weight excluding hydrogens is 258 g/mol. The van der Waals surface area contributed by atoms with Gasteiger partial charge in [-0.05, 0) is 12.1 Å². The fraction of sp³-hybridized carbons (Fsp3) is 0.250. The van der Waals surface area contributed by atoms with Gasteiger partial charge in [0.1, 0.15) is 10.7 Å². The first-order valence-corrected chi connectivity index (χ1v) is 6.53. The van der Waals surface area contributed by atoms with Crippen LogP contribution in [0.15, 0.2) is 29.6 Å². The van der Waals surface area contributed by atoms with Crippen molar-refractivity contribution in [2.45, 2.75) is 6.29 Å². The van der Waals surface area contributed by atoms with Gasteiger partial charge < -0.3 is 9.47 Å². The summed E-state index contributed by atoms with van der Waals surface area (Å²) in [5, 5.41) is 3.61. The Morgan fingerprint density at radius 3 is 2.88 bits per heavy atom. The molecule has 0 unspecified atom stereocenters. The Morgan fingerprint density at radius 1 is 1.29 bits per heavy atom. The molecule has 0 atom stereocenters. The molecule has 2 aromatic rings. The SMILES string of the molecule is Clc1cccc(-c2nc(C3OCCO3)cs2)c1. The minimum atomic E-state index is -0.306. The van der Waals surface area contributed by atoms with E-state index in [2.05, 4.69) is 4.98 Å². The van der Waals surface area contributed by atoms with Crippen LogP contribution in [0.3, 0.4) is 0 Å². The predicted octanol–water partition coefficient (Wildman–Crippen LogP) is 3.51. The van der Waals surface area contributed by atoms with E-state index in [1.807, 2.05) is 29.6 Å². The first-order valence-electron chi connectivity index (χ1n) is 5.27. The monoisotopic (exact) mass is 267 g/mol. The lowest BCUT2D eigenvalue weighted by molar-refractivity contribution is -0.0468. The van der Waals surface area contributed by atoms with Crippen LogP contribution in [-0.4, -0.2) is 18.2 Å². The Morgan fingerprint density at radius 2 is 2.12 bits per heavy atom. The van der Waals surface area contributed by atoms with Gasteiger partial charge in [0.15, 0.2) is 0 Å². The van der Waals surface area contributed by atoms with Crippen molar-refractivity contribution in [1.29, 1.82) is 0 Å². The number of hydrogen-bond donors (Lipinski definition) is 0. The number of nitrogens with zero attached hydrogens (tertiary/aromatic N) is 1. The molecule has 0 bridgehead atoms. The van der Waals surface area contributed by atoms with E-state index in [0.717, 1.165) is 16.3 Å². The third-order valence-electron chi connectivity index (χ3n) is 2.46. The van der Waals surface area contributed by atoms with E-state index in [-0.39, 0.29) is 6.29 Å². The van der Waals surface area contributed by atoms with Crippen LogP contribution < -0.4 is 0 Å². The Hall–Kier alpha value is -0.940. The molecule has 5 heteroatoms. The van der Waals surface area contributed by atoms with Crippen molar-refractivity contribution in [2.24, 2.45) is 0 Å². The van der Waals surface area contributed by atoms with Crippen molar-refractivity contribution in [1.82, 2.24) is 4.98 Å². The smallest absolute Gasteiger partial charge is 0.202 e. The molecule has 0 amide bonds. The fourth-order valence-corrected chi connectivity index (χ4v) is 2.69. The lowest BCUT2D eigenvalue weighted by atomic mass is 10.2. The molecule has 88 valence electrons. The third kappa shape index (κ3) is 2.35. The molecule has 1 fully saturated rings. The van der Waals surface area contributed by atoms with Crippen molar-refractivity contribution >= 4 is 22.9 Å². The predicted molar refractivity (Wildman–Crippen MR) is 67.2 cm³/mol. The van der Waals surface area contributed by atoms with Gasteiger partial charge in [-0.3, -0.25) is 0 Å². The van der Waals surface area contributed by atoms with E-state index in [9.17, 15) is 0 Å². The van der Waals surface area contributed by atoms with Crippen LogP contribution in [0.25, 0.3) is 10.6 Å². The van der Waals surface area contributed by atoms with Gasteiger partial charge in [0.25, 0.3) is 0 Å². The molecule has 3 nitrogen and oxygen atoms in total. The highest BCUT2D eigenvalue weighted by Crippen LogP contribution is 2.30. The number of thiazole rings is 1. The lowest BCUT2D eigenvalue weighted by Gasteiger charge is -2.03. The molecule has 3 rings (SSSR count). The largest absolute Gasteiger partial charge is 0.345 e. The molecule has 0 saturated carbocycles. The Kier molecular flexibility index (Phi) is 3.11. The van der Waals surface area contributed by atoms with Gasteiger partial charge in [-0.2, -0.15) is 0 Å².